The molecule has 0 saturated carbocycles. The van der Waals surface area contributed by atoms with Crippen LogP contribution in [-0.4, -0.2) is 31.0 Å². The highest BCUT2D eigenvalue weighted by atomic mass is 16.6. The van der Waals surface area contributed by atoms with Gasteiger partial charge in [0.15, 0.2) is 0 Å². The quantitative estimate of drug-likeness (QED) is 0.626. The Morgan fingerprint density at radius 2 is 2.27 bits per heavy atom. The molecule has 0 aliphatic heterocycles. The van der Waals surface area contributed by atoms with E-state index in [1.807, 2.05) is 13.8 Å². The first-order chi connectivity index (χ1) is 5.16. The Balaban J connectivity index is 3.23. The highest BCUT2D eigenvalue weighted by molar-refractivity contribution is 5.67. The van der Waals surface area contributed by atoms with Gasteiger partial charge in [0.25, 0.3) is 0 Å². The highest BCUT2D eigenvalue weighted by Gasteiger charge is 2.00. The van der Waals surface area contributed by atoms with Crippen LogP contribution < -0.4 is 5.32 Å². The zero-order valence-electron chi connectivity index (χ0n) is 6.96. The van der Waals surface area contributed by atoms with Gasteiger partial charge in [0, 0.05) is 6.54 Å². The van der Waals surface area contributed by atoms with Crippen LogP contribution in [0.1, 0.15) is 13.8 Å². The Bertz CT molecular complexity index is 114. The molecule has 0 rings (SSSR count). The molecule has 0 aromatic rings. The van der Waals surface area contributed by atoms with Crippen LogP contribution in [0.25, 0.3) is 0 Å². The summed E-state index contributed by atoms with van der Waals surface area (Å²) >= 11 is 0. The summed E-state index contributed by atoms with van der Waals surface area (Å²) < 4.78 is 4.54. The standard InChI is InChI=1S/C7H15NO3/c1-6(2)5-8-7(10)11-4-3-9/h6,9H,3-5H2,1-2H3,(H,8,10). The largest absolute Gasteiger partial charge is 0.447 e. The fraction of sp³-hybridized carbons (Fsp3) is 0.857. The van der Waals surface area contributed by atoms with Crippen molar-refractivity contribution in [2.45, 2.75) is 13.8 Å². The van der Waals surface area contributed by atoms with E-state index in [-0.39, 0.29) is 13.2 Å². The summed E-state index contributed by atoms with van der Waals surface area (Å²) in [5, 5.41) is 10.8. The second-order valence-corrected chi connectivity index (χ2v) is 2.63. The first-order valence-electron chi connectivity index (χ1n) is 3.68. The van der Waals surface area contributed by atoms with Gasteiger partial charge in [0.1, 0.15) is 6.61 Å². The molecular weight excluding hydrogens is 146 g/mol. The van der Waals surface area contributed by atoms with Crippen LogP contribution in [0, 0.1) is 5.92 Å². The smallest absolute Gasteiger partial charge is 0.407 e. The lowest BCUT2D eigenvalue weighted by molar-refractivity contribution is 0.118. The third-order valence-corrected chi connectivity index (χ3v) is 0.979. The molecule has 4 heteroatoms. The molecule has 0 radical (unpaired) electrons. The molecule has 66 valence electrons. The van der Waals surface area contributed by atoms with E-state index in [9.17, 15) is 4.79 Å². The molecule has 0 aliphatic rings. The van der Waals surface area contributed by atoms with Gasteiger partial charge in [-0.05, 0) is 5.92 Å². The number of amides is 1. The Morgan fingerprint density at radius 3 is 2.73 bits per heavy atom. The van der Waals surface area contributed by atoms with E-state index >= 15 is 0 Å². The molecule has 0 aromatic heterocycles. The van der Waals surface area contributed by atoms with Crippen molar-refractivity contribution in [3.8, 4) is 0 Å². The number of carbonyl (C=O) groups excluding carboxylic acids is 1. The number of hydrogen-bond donors (Lipinski definition) is 2. The molecule has 0 aromatic carbocycles. The van der Waals surface area contributed by atoms with Crippen LogP contribution in [0.5, 0.6) is 0 Å². The van der Waals surface area contributed by atoms with Crippen molar-refractivity contribution < 1.29 is 14.6 Å². The lowest BCUT2D eigenvalue weighted by Gasteiger charge is -2.06. The second-order valence-electron chi connectivity index (χ2n) is 2.63. The predicted molar refractivity (Wildman–Crippen MR) is 41.3 cm³/mol. The van der Waals surface area contributed by atoms with Gasteiger partial charge in [-0.3, -0.25) is 0 Å². The Morgan fingerprint density at radius 1 is 1.64 bits per heavy atom. The van der Waals surface area contributed by atoms with Crippen molar-refractivity contribution in [1.82, 2.24) is 5.32 Å². The van der Waals surface area contributed by atoms with E-state index in [1.54, 1.807) is 0 Å². The zero-order valence-corrected chi connectivity index (χ0v) is 6.96. The van der Waals surface area contributed by atoms with Gasteiger partial charge in [-0.2, -0.15) is 0 Å². The first-order valence-corrected chi connectivity index (χ1v) is 3.68. The van der Waals surface area contributed by atoms with Crippen molar-refractivity contribution in [3.63, 3.8) is 0 Å². The summed E-state index contributed by atoms with van der Waals surface area (Å²) in [5.74, 6) is 0.414. The number of ether oxygens (including phenoxy) is 1. The average Bonchev–Trinajstić information content (AvgIpc) is 1.97. The van der Waals surface area contributed by atoms with E-state index in [1.165, 1.54) is 0 Å². The number of aliphatic hydroxyl groups is 1. The molecule has 0 atom stereocenters. The molecule has 0 unspecified atom stereocenters. The molecule has 11 heavy (non-hydrogen) atoms. The number of aliphatic hydroxyl groups excluding tert-OH is 1. The second kappa shape index (κ2) is 5.97. The fourth-order valence-corrected chi connectivity index (χ4v) is 0.477. The summed E-state index contributed by atoms with van der Waals surface area (Å²) in [6, 6.07) is 0. The molecule has 0 spiro atoms. The van der Waals surface area contributed by atoms with Gasteiger partial charge in [0.2, 0.25) is 0 Å². The van der Waals surface area contributed by atoms with Crippen LogP contribution >= 0.6 is 0 Å². The minimum atomic E-state index is -0.465. The van der Waals surface area contributed by atoms with Crippen LogP contribution in [0.4, 0.5) is 4.79 Å². The van der Waals surface area contributed by atoms with Gasteiger partial charge < -0.3 is 15.2 Å². The van der Waals surface area contributed by atoms with E-state index < -0.39 is 6.09 Å². The molecule has 4 nitrogen and oxygen atoms in total. The van der Waals surface area contributed by atoms with Crippen LogP contribution in [0.15, 0.2) is 0 Å². The van der Waals surface area contributed by atoms with Crippen molar-refractivity contribution in [1.29, 1.82) is 0 Å². The first kappa shape index (κ1) is 10.2. The Labute approximate surface area is 66.5 Å². The molecule has 0 heterocycles. The molecular formula is C7H15NO3. The number of nitrogens with one attached hydrogen (secondary N) is 1. The van der Waals surface area contributed by atoms with E-state index in [2.05, 4.69) is 10.1 Å². The highest BCUT2D eigenvalue weighted by Crippen LogP contribution is 1.87. The number of carbonyl (C=O) groups is 1. The SMILES string of the molecule is CC(C)CNC(=O)OCCO. The van der Waals surface area contributed by atoms with Crippen molar-refractivity contribution in [2.75, 3.05) is 19.8 Å². The minimum Gasteiger partial charge on any atom is -0.447 e. The zero-order chi connectivity index (χ0) is 8.69. The van der Waals surface area contributed by atoms with Gasteiger partial charge in [-0.1, -0.05) is 13.8 Å². The molecule has 0 saturated heterocycles. The maximum absolute atomic E-state index is 10.7. The maximum atomic E-state index is 10.7. The summed E-state index contributed by atoms with van der Waals surface area (Å²) in [4.78, 5) is 10.7. The number of hydrogen-bond acceptors (Lipinski definition) is 3. The van der Waals surface area contributed by atoms with Crippen LogP contribution in [0.3, 0.4) is 0 Å². The van der Waals surface area contributed by atoms with Crippen molar-refractivity contribution >= 4 is 6.09 Å². The van der Waals surface area contributed by atoms with Crippen molar-refractivity contribution in [3.05, 3.63) is 0 Å². The van der Waals surface area contributed by atoms with E-state index in [0.29, 0.717) is 12.5 Å². The average molecular weight is 161 g/mol. The normalized spacial score (nSPS) is 9.82. The van der Waals surface area contributed by atoms with Gasteiger partial charge in [0.05, 0.1) is 6.61 Å². The lowest BCUT2D eigenvalue weighted by atomic mass is 10.2. The van der Waals surface area contributed by atoms with Gasteiger partial charge in [-0.25, -0.2) is 4.79 Å². The minimum absolute atomic E-state index is 0.0595. The fourth-order valence-electron chi connectivity index (χ4n) is 0.477. The van der Waals surface area contributed by atoms with E-state index in [0.717, 1.165) is 0 Å². The Kier molecular flexibility index (Phi) is 5.56. The Hall–Kier alpha value is -0.770. The third-order valence-electron chi connectivity index (χ3n) is 0.979. The maximum Gasteiger partial charge on any atom is 0.407 e. The van der Waals surface area contributed by atoms with Gasteiger partial charge >= 0.3 is 6.09 Å². The predicted octanol–water partition coefficient (Wildman–Crippen LogP) is 0.361. The van der Waals surface area contributed by atoms with Crippen molar-refractivity contribution in [2.24, 2.45) is 5.92 Å². The summed E-state index contributed by atoms with van der Waals surface area (Å²) in [6.07, 6.45) is -0.465. The number of alkyl carbamates (subject to hydrolysis) is 1. The summed E-state index contributed by atoms with van der Waals surface area (Å²) in [5.41, 5.74) is 0. The molecule has 1 amide bonds. The monoisotopic (exact) mass is 161 g/mol. The van der Waals surface area contributed by atoms with E-state index in [4.69, 9.17) is 5.11 Å². The van der Waals surface area contributed by atoms with Crippen LogP contribution in [0.2, 0.25) is 0 Å². The lowest BCUT2D eigenvalue weighted by Crippen LogP contribution is -2.28. The molecule has 0 aliphatic carbocycles. The summed E-state index contributed by atoms with van der Waals surface area (Å²) in [7, 11) is 0. The summed E-state index contributed by atoms with van der Waals surface area (Å²) in [6.45, 7) is 4.52. The van der Waals surface area contributed by atoms with Crippen LogP contribution in [-0.2, 0) is 4.74 Å². The molecule has 0 bridgehead atoms. The number of rotatable bonds is 4. The van der Waals surface area contributed by atoms with Gasteiger partial charge in [-0.15, -0.1) is 0 Å². The molecule has 0 fully saturated rings. The third kappa shape index (κ3) is 7.12. The molecule has 2 N–H and O–H groups in total. The topological polar surface area (TPSA) is 58.6 Å².